The lowest BCUT2D eigenvalue weighted by Crippen LogP contribution is -2.00. The Morgan fingerprint density at radius 3 is 1.46 bits per heavy atom. The van der Waals surface area contributed by atoms with E-state index >= 15 is 0 Å². The summed E-state index contributed by atoms with van der Waals surface area (Å²) in [4.78, 5) is 0. The van der Waals surface area contributed by atoms with E-state index in [1.165, 1.54) is 10.8 Å². The second kappa shape index (κ2) is 10.9. The highest BCUT2D eigenvalue weighted by molar-refractivity contribution is 6.10. The highest BCUT2D eigenvalue weighted by Crippen LogP contribution is 2.40. The molecule has 0 bridgehead atoms. The van der Waals surface area contributed by atoms with Crippen LogP contribution in [0.15, 0.2) is 158 Å². The molecular weight excluding hydrogens is 585 g/mol. The van der Waals surface area contributed by atoms with E-state index in [2.05, 4.69) is 143 Å². The van der Waals surface area contributed by atoms with Crippen molar-refractivity contribution in [3.8, 4) is 45.8 Å². The molecule has 0 aliphatic rings. The molecule has 0 unspecified atom stereocenters. The van der Waals surface area contributed by atoms with Crippen molar-refractivity contribution in [2.45, 2.75) is 0 Å². The van der Waals surface area contributed by atoms with Gasteiger partial charge in [-0.05, 0) is 71.8 Å². The highest BCUT2D eigenvalue weighted by atomic mass is 15.0. The van der Waals surface area contributed by atoms with Crippen LogP contribution in [0.1, 0.15) is 11.1 Å². The number of para-hydroxylation sites is 4. The Kier molecular flexibility index (Phi) is 6.22. The molecule has 0 radical (unpaired) electrons. The Hall–Kier alpha value is -6.88. The van der Waals surface area contributed by atoms with Crippen molar-refractivity contribution >= 4 is 43.6 Å². The number of fused-ring (bicyclic) bond motifs is 6. The maximum absolute atomic E-state index is 10.4. The van der Waals surface area contributed by atoms with Crippen molar-refractivity contribution in [2.75, 3.05) is 0 Å². The SMILES string of the molecule is N#Cc1ccc(-n2c3ccccc3c3ccccc32)cc1-c1cccc(-c2c(C#N)cccc2-n2c3ccccc3c3ccccc32)c1. The molecule has 0 amide bonds. The van der Waals surface area contributed by atoms with Gasteiger partial charge in [0, 0.05) is 38.4 Å². The normalized spacial score (nSPS) is 11.3. The third-order valence-electron chi connectivity index (χ3n) is 9.41. The van der Waals surface area contributed by atoms with E-state index in [4.69, 9.17) is 0 Å². The van der Waals surface area contributed by atoms with E-state index in [1.54, 1.807) is 0 Å². The van der Waals surface area contributed by atoms with Crippen LogP contribution in [0.4, 0.5) is 0 Å². The first kappa shape index (κ1) is 27.4. The van der Waals surface area contributed by atoms with Crippen LogP contribution in [-0.2, 0) is 0 Å². The molecule has 0 fully saturated rings. The van der Waals surface area contributed by atoms with Gasteiger partial charge in [0.25, 0.3) is 0 Å². The summed E-state index contributed by atoms with van der Waals surface area (Å²) in [5.41, 5.74) is 11.0. The molecule has 0 aliphatic heterocycles. The zero-order valence-electron chi connectivity index (χ0n) is 25.8. The highest BCUT2D eigenvalue weighted by Gasteiger charge is 2.19. The summed E-state index contributed by atoms with van der Waals surface area (Å²) in [5.74, 6) is 0. The summed E-state index contributed by atoms with van der Waals surface area (Å²) in [6, 6.07) is 58.8. The van der Waals surface area contributed by atoms with Crippen LogP contribution >= 0.6 is 0 Å². The predicted octanol–water partition coefficient (Wildman–Crippen LogP) is 11.0. The Bertz CT molecular complexity index is 2710. The van der Waals surface area contributed by atoms with Crippen LogP contribution in [0.5, 0.6) is 0 Å². The average molecular weight is 611 g/mol. The molecular formula is C44H26N4. The summed E-state index contributed by atoms with van der Waals surface area (Å²) < 4.78 is 4.53. The molecule has 0 N–H and O–H groups in total. The van der Waals surface area contributed by atoms with Gasteiger partial charge in [-0.1, -0.05) is 97.1 Å². The van der Waals surface area contributed by atoms with Crippen LogP contribution in [0.2, 0.25) is 0 Å². The molecule has 7 aromatic carbocycles. The molecule has 4 nitrogen and oxygen atoms in total. The zero-order valence-corrected chi connectivity index (χ0v) is 25.8. The van der Waals surface area contributed by atoms with Gasteiger partial charge in [0.05, 0.1) is 51.0 Å². The lowest BCUT2D eigenvalue weighted by molar-refractivity contribution is 1.18. The van der Waals surface area contributed by atoms with E-state index in [0.717, 1.165) is 66.5 Å². The molecule has 0 spiro atoms. The topological polar surface area (TPSA) is 57.4 Å². The van der Waals surface area contributed by atoms with Crippen LogP contribution in [0, 0.1) is 22.7 Å². The van der Waals surface area contributed by atoms with Crippen molar-refractivity contribution < 1.29 is 0 Å². The molecule has 48 heavy (non-hydrogen) atoms. The number of nitriles is 2. The molecule has 2 heterocycles. The van der Waals surface area contributed by atoms with Gasteiger partial charge in [-0.15, -0.1) is 0 Å². The molecule has 2 aromatic heterocycles. The van der Waals surface area contributed by atoms with E-state index in [1.807, 2.05) is 36.4 Å². The second-order valence-corrected chi connectivity index (χ2v) is 12.0. The standard InChI is InChI=1S/C44H26N4/c45-27-31-23-24-33(47-39-18-5-1-14-34(39)35-15-2-6-19-40(35)47)26-38(31)29-11-9-12-30(25-29)44-32(28-46)13-10-22-43(44)48-41-20-7-3-16-36(41)37-17-4-8-21-42(37)48/h1-26H. The zero-order chi connectivity index (χ0) is 32.2. The lowest BCUT2D eigenvalue weighted by atomic mass is 9.93. The monoisotopic (exact) mass is 610 g/mol. The smallest absolute Gasteiger partial charge is 0.0998 e. The summed E-state index contributed by atoms with van der Waals surface area (Å²) in [6.45, 7) is 0. The largest absolute Gasteiger partial charge is 0.309 e. The third-order valence-corrected chi connectivity index (χ3v) is 9.41. The number of nitrogens with zero attached hydrogens (tertiary/aromatic N) is 4. The van der Waals surface area contributed by atoms with E-state index in [9.17, 15) is 10.5 Å². The molecule has 0 atom stereocenters. The summed E-state index contributed by atoms with van der Waals surface area (Å²) in [7, 11) is 0. The van der Waals surface area contributed by atoms with Gasteiger partial charge in [-0.3, -0.25) is 0 Å². The van der Waals surface area contributed by atoms with Gasteiger partial charge in [-0.2, -0.15) is 10.5 Å². The fourth-order valence-corrected chi connectivity index (χ4v) is 7.36. The molecule has 9 rings (SSSR count). The minimum absolute atomic E-state index is 0.589. The molecule has 0 saturated carbocycles. The average Bonchev–Trinajstić information content (AvgIpc) is 3.67. The molecule has 0 saturated heterocycles. The summed E-state index contributed by atoms with van der Waals surface area (Å²) in [6.07, 6.45) is 0. The third kappa shape index (κ3) is 4.07. The van der Waals surface area contributed by atoms with Crippen molar-refractivity contribution in [2.24, 2.45) is 0 Å². The van der Waals surface area contributed by atoms with Crippen LogP contribution in [0.3, 0.4) is 0 Å². The fraction of sp³-hybridized carbons (Fsp3) is 0. The molecule has 222 valence electrons. The van der Waals surface area contributed by atoms with Gasteiger partial charge in [0.1, 0.15) is 0 Å². The number of hydrogen-bond acceptors (Lipinski definition) is 2. The Morgan fingerprint density at radius 1 is 0.396 bits per heavy atom. The van der Waals surface area contributed by atoms with E-state index < -0.39 is 0 Å². The first-order chi connectivity index (χ1) is 23.7. The van der Waals surface area contributed by atoms with Crippen molar-refractivity contribution in [3.63, 3.8) is 0 Å². The van der Waals surface area contributed by atoms with Crippen LogP contribution in [0.25, 0.3) is 77.2 Å². The van der Waals surface area contributed by atoms with Crippen LogP contribution < -0.4 is 0 Å². The lowest BCUT2D eigenvalue weighted by Gasteiger charge is -2.17. The minimum Gasteiger partial charge on any atom is -0.309 e. The summed E-state index contributed by atoms with van der Waals surface area (Å²) >= 11 is 0. The quantitative estimate of drug-likeness (QED) is 0.199. The van der Waals surface area contributed by atoms with Gasteiger partial charge in [-0.25, -0.2) is 0 Å². The molecule has 0 aliphatic carbocycles. The number of benzene rings is 7. The van der Waals surface area contributed by atoms with Gasteiger partial charge >= 0.3 is 0 Å². The maximum Gasteiger partial charge on any atom is 0.0998 e. The summed E-state index contributed by atoms with van der Waals surface area (Å²) in [5, 5.41) is 25.4. The Labute approximate surface area is 277 Å². The van der Waals surface area contributed by atoms with Crippen molar-refractivity contribution in [3.05, 3.63) is 169 Å². The fourth-order valence-electron chi connectivity index (χ4n) is 7.36. The van der Waals surface area contributed by atoms with Crippen LogP contribution in [-0.4, -0.2) is 9.13 Å². The Balaban J connectivity index is 1.27. The number of aromatic nitrogens is 2. The van der Waals surface area contributed by atoms with Gasteiger partial charge in [0.2, 0.25) is 0 Å². The van der Waals surface area contributed by atoms with Crippen molar-refractivity contribution in [1.82, 2.24) is 9.13 Å². The Morgan fingerprint density at radius 2 is 0.896 bits per heavy atom. The van der Waals surface area contributed by atoms with E-state index in [0.29, 0.717) is 11.1 Å². The van der Waals surface area contributed by atoms with E-state index in [-0.39, 0.29) is 0 Å². The molecule has 4 heteroatoms. The minimum atomic E-state index is 0.589. The van der Waals surface area contributed by atoms with Gasteiger partial charge < -0.3 is 9.13 Å². The first-order valence-corrected chi connectivity index (χ1v) is 15.9. The first-order valence-electron chi connectivity index (χ1n) is 15.9. The number of hydrogen-bond donors (Lipinski definition) is 0. The predicted molar refractivity (Wildman–Crippen MR) is 195 cm³/mol. The second-order valence-electron chi connectivity index (χ2n) is 12.0. The number of rotatable bonds is 4. The molecule has 9 aromatic rings. The van der Waals surface area contributed by atoms with Crippen molar-refractivity contribution in [1.29, 1.82) is 10.5 Å². The van der Waals surface area contributed by atoms with Gasteiger partial charge in [0.15, 0.2) is 0 Å². The maximum atomic E-state index is 10.4.